The second kappa shape index (κ2) is 9.06. The lowest BCUT2D eigenvalue weighted by Crippen LogP contribution is -2.19. The first kappa shape index (κ1) is 21.5. The lowest BCUT2D eigenvalue weighted by molar-refractivity contribution is 0.491. The molecule has 1 aromatic heterocycles. The predicted molar refractivity (Wildman–Crippen MR) is 120 cm³/mol. The van der Waals surface area contributed by atoms with Crippen LogP contribution < -0.4 is 10.1 Å². The number of amidine groups is 1. The van der Waals surface area contributed by atoms with E-state index in [0.717, 1.165) is 34.2 Å². The SMILES string of the molecule is CN=C(Nc1cc(C)c(Oc2snc(-c3ccccc3F)c2C#N)cc1C)C(C)C. The van der Waals surface area contributed by atoms with E-state index < -0.39 is 5.82 Å². The van der Waals surface area contributed by atoms with Crippen LogP contribution in [0.15, 0.2) is 41.4 Å². The number of hydrogen-bond acceptors (Lipinski definition) is 5. The van der Waals surface area contributed by atoms with Gasteiger partial charge in [0.05, 0.1) is 0 Å². The molecule has 0 atom stereocenters. The molecule has 2 aromatic carbocycles. The first-order valence-electron chi connectivity index (χ1n) is 9.53. The summed E-state index contributed by atoms with van der Waals surface area (Å²) in [5.41, 5.74) is 3.63. The molecule has 0 bridgehead atoms. The van der Waals surface area contributed by atoms with Crippen molar-refractivity contribution in [2.45, 2.75) is 27.7 Å². The van der Waals surface area contributed by atoms with Crippen LogP contribution in [0.2, 0.25) is 0 Å². The second-order valence-corrected chi connectivity index (χ2v) is 7.94. The summed E-state index contributed by atoms with van der Waals surface area (Å²) in [6.07, 6.45) is 0. The molecule has 0 aliphatic heterocycles. The Labute approximate surface area is 180 Å². The Balaban J connectivity index is 1.93. The Kier molecular flexibility index (Phi) is 6.48. The molecule has 0 unspecified atom stereocenters. The van der Waals surface area contributed by atoms with Gasteiger partial charge in [-0.1, -0.05) is 26.0 Å². The van der Waals surface area contributed by atoms with Crippen molar-refractivity contribution in [1.29, 1.82) is 5.26 Å². The van der Waals surface area contributed by atoms with E-state index in [0.29, 0.717) is 16.5 Å². The van der Waals surface area contributed by atoms with Gasteiger partial charge in [-0.25, -0.2) is 4.39 Å². The summed E-state index contributed by atoms with van der Waals surface area (Å²) in [6, 6.07) is 12.3. The van der Waals surface area contributed by atoms with E-state index in [-0.39, 0.29) is 17.0 Å². The zero-order valence-electron chi connectivity index (χ0n) is 17.6. The first-order chi connectivity index (χ1) is 14.3. The molecule has 1 heterocycles. The van der Waals surface area contributed by atoms with Crippen molar-refractivity contribution in [2.75, 3.05) is 12.4 Å². The van der Waals surface area contributed by atoms with E-state index >= 15 is 0 Å². The molecule has 1 N–H and O–H groups in total. The third kappa shape index (κ3) is 4.34. The number of halogens is 1. The fourth-order valence-electron chi connectivity index (χ4n) is 3.01. The van der Waals surface area contributed by atoms with Gasteiger partial charge in [0.25, 0.3) is 0 Å². The van der Waals surface area contributed by atoms with Gasteiger partial charge in [0.1, 0.15) is 34.7 Å². The van der Waals surface area contributed by atoms with Crippen LogP contribution in [0.25, 0.3) is 11.3 Å². The average molecular weight is 423 g/mol. The van der Waals surface area contributed by atoms with Crippen LogP contribution in [0.3, 0.4) is 0 Å². The van der Waals surface area contributed by atoms with Gasteiger partial charge in [0.15, 0.2) is 0 Å². The van der Waals surface area contributed by atoms with Gasteiger partial charge < -0.3 is 10.1 Å². The van der Waals surface area contributed by atoms with E-state index in [9.17, 15) is 9.65 Å². The number of hydrogen-bond donors (Lipinski definition) is 1. The summed E-state index contributed by atoms with van der Waals surface area (Å²) in [5, 5.41) is 13.4. The van der Waals surface area contributed by atoms with Gasteiger partial charge in [-0.2, -0.15) is 9.64 Å². The van der Waals surface area contributed by atoms with Gasteiger partial charge in [-0.15, -0.1) is 0 Å². The van der Waals surface area contributed by atoms with Crippen molar-refractivity contribution in [3.05, 3.63) is 58.9 Å². The molecule has 0 aliphatic carbocycles. The van der Waals surface area contributed by atoms with E-state index in [1.54, 1.807) is 25.2 Å². The Morgan fingerprint density at radius 3 is 2.60 bits per heavy atom. The predicted octanol–water partition coefficient (Wildman–Crippen LogP) is 6.33. The maximum absolute atomic E-state index is 14.2. The number of nitrogens with zero attached hydrogens (tertiary/aromatic N) is 3. The zero-order chi connectivity index (χ0) is 21.8. The zero-order valence-corrected chi connectivity index (χ0v) is 18.4. The standard InChI is InChI=1S/C23H23FN4OS/c1-13(2)22(26-5)27-19-10-15(4)20(11-14(19)3)29-23-17(12-25)21(28-30-23)16-8-6-7-9-18(16)24/h6-11,13H,1-5H3,(H,26,27). The number of anilines is 1. The molecule has 0 radical (unpaired) electrons. The molecule has 7 heteroatoms. The molecule has 0 saturated heterocycles. The highest BCUT2D eigenvalue weighted by atomic mass is 32.1. The molecular weight excluding hydrogens is 399 g/mol. The van der Waals surface area contributed by atoms with Gasteiger partial charge in [-0.3, -0.25) is 4.99 Å². The van der Waals surface area contributed by atoms with Crippen LogP contribution in [-0.4, -0.2) is 17.3 Å². The van der Waals surface area contributed by atoms with Crippen molar-refractivity contribution < 1.29 is 9.13 Å². The third-order valence-corrected chi connectivity index (χ3v) is 5.40. The quantitative estimate of drug-likeness (QED) is 0.385. The molecule has 0 fully saturated rings. The van der Waals surface area contributed by atoms with Gasteiger partial charge in [0.2, 0.25) is 5.06 Å². The fraction of sp³-hybridized carbons (Fsp3) is 0.261. The lowest BCUT2D eigenvalue weighted by Gasteiger charge is -2.17. The van der Waals surface area contributed by atoms with Crippen LogP contribution in [0.1, 0.15) is 30.5 Å². The maximum Gasteiger partial charge on any atom is 0.218 e. The van der Waals surface area contributed by atoms with Crippen molar-refractivity contribution in [3.8, 4) is 28.1 Å². The molecule has 3 rings (SSSR count). The van der Waals surface area contributed by atoms with Crippen LogP contribution in [0.5, 0.6) is 10.8 Å². The molecule has 30 heavy (non-hydrogen) atoms. The topological polar surface area (TPSA) is 70.3 Å². The van der Waals surface area contributed by atoms with Crippen molar-refractivity contribution in [2.24, 2.45) is 10.9 Å². The number of ether oxygens (including phenoxy) is 1. The Bertz CT molecular complexity index is 1140. The number of aryl methyl sites for hydroxylation is 2. The lowest BCUT2D eigenvalue weighted by atomic mass is 10.1. The Morgan fingerprint density at radius 2 is 1.97 bits per heavy atom. The molecule has 3 aromatic rings. The van der Waals surface area contributed by atoms with E-state index in [1.165, 1.54) is 6.07 Å². The van der Waals surface area contributed by atoms with Gasteiger partial charge >= 0.3 is 0 Å². The molecule has 0 saturated carbocycles. The highest BCUT2D eigenvalue weighted by Crippen LogP contribution is 2.39. The van der Waals surface area contributed by atoms with Crippen LogP contribution in [-0.2, 0) is 0 Å². The summed E-state index contributed by atoms with van der Waals surface area (Å²) in [6.45, 7) is 8.07. The highest BCUT2D eigenvalue weighted by Gasteiger charge is 2.20. The molecule has 0 aliphatic rings. The maximum atomic E-state index is 14.2. The summed E-state index contributed by atoms with van der Waals surface area (Å²) in [5.74, 6) is 1.37. The third-order valence-electron chi connectivity index (χ3n) is 4.68. The van der Waals surface area contributed by atoms with Crippen LogP contribution in [0.4, 0.5) is 10.1 Å². The van der Waals surface area contributed by atoms with E-state index in [1.807, 2.05) is 26.0 Å². The number of nitrogens with one attached hydrogen (secondary N) is 1. The fourth-order valence-corrected chi connectivity index (χ4v) is 3.74. The first-order valence-corrected chi connectivity index (χ1v) is 10.3. The summed E-state index contributed by atoms with van der Waals surface area (Å²) in [7, 11) is 1.77. The second-order valence-electron chi connectivity index (χ2n) is 7.21. The molecule has 154 valence electrons. The molecular formula is C23H23FN4OS. The number of rotatable bonds is 5. The number of aliphatic imine (C=N–C) groups is 1. The Morgan fingerprint density at radius 1 is 1.23 bits per heavy atom. The van der Waals surface area contributed by atoms with Crippen LogP contribution in [0, 0.1) is 36.9 Å². The van der Waals surface area contributed by atoms with E-state index in [2.05, 4.69) is 34.6 Å². The van der Waals surface area contributed by atoms with E-state index in [4.69, 9.17) is 4.74 Å². The average Bonchev–Trinajstić information content (AvgIpc) is 3.11. The largest absolute Gasteiger partial charge is 0.443 e. The monoisotopic (exact) mass is 422 g/mol. The minimum Gasteiger partial charge on any atom is -0.443 e. The van der Waals surface area contributed by atoms with Gasteiger partial charge in [-0.05, 0) is 49.2 Å². The van der Waals surface area contributed by atoms with Crippen molar-refractivity contribution in [3.63, 3.8) is 0 Å². The van der Waals surface area contributed by atoms with Crippen molar-refractivity contribution in [1.82, 2.24) is 4.37 Å². The summed E-state index contributed by atoms with van der Waals surface area (Å²) < 4.78 is 24.5. The van der Waals surface area contributed by atoms with Crippen LogP contribution >= 0.6 is 11.5 Å². The molecule has 0 spiro atoms. The number of aromatic nitrogens is 1. The number of nitriles is 1. The minimum atomic E-state index is -0.424. The number of benzene rings is 2. The summed E-state index contributed by atoms with van der Waals surface area (Å²) >= 11 is 1.04. The Hall–Kier alpha value is -3.24. The summed E-state index contributed by atoms with van der Waals surface area (Å²) in [4.78, 5) is 4.31. The highest BCUT2D eigenvalue weighted by molar-refractivity contribution is 7.08. The molecule has 5 nitrogen and oxygen atoms in total. The molecule has 0 amide bonds. The smallest absolute Gasteiger partial charge is 0.218 e. The van der Waals surface area contributed by atoms with Crippen molar-refractivity contribution >= 4 is 23.1 Å². The van der Waals surface area contributed by atoms with Gasteiger partial charge in [0, 0.05) is 35.7 Å². The normalized spacial score (nSPS) is 11.5. The minimum absolute atomic E-state index is 0.226.